The SMILES string of the molecule is CCc1cccc(CC)c1NC(N)=NCc1ncc(-c2ccccc2)[nH]1. The van der Waals surface area contributed by atoms with Crippen LogP contribution < -0.4 is 11.1 Å². The number of nitrogens with one attached hydrogen (secondary N) is 2. The highest BCUT2D eigenvalue weighted by molar-refractivity contribution is 5.93. The first kappa shape index (κ1) is 17.7. The second-order valence-corrected chi connectivity index (χ2v) is 6.09. The van der Waals surface area contributed by atoms with Crippen molar-refractivity contribution < 1.29 is 0 Å². The molecule has 5 heteroatoms. The highest BCUT2D eigenvalue weighted by atomic mass is 15.1. The smallest absolute Gasteiger partial charge is 0.193 e. The molecule has 5 nitrogen and oxygen atoms in total. The van der Waals surface area contributed by atoms with E-state index in [1.165, 1.54) is 11.1 Å². The molecule has 0 spiro atoms. The number of nitrogens with two attached hydrogens (primary N) is 1. The van der Waals surface area contributed by atoms with E-state index in [1.54, 1.807) is 0 Å². The standard InChI is InChI=1S/C21H25N5/c1-3-15-11-8-12-16(4-2)20(15)26-21(22)24-14-19-23-13-18(25-19)17-9-6-5-7-10-17/h5-13H,3-4,14H2,1-2H3,(H,23,25)(H3,22,24,26). The van der Waals surface area contributed by atoms with Crippen LogP contribution >= 0.6 is 0 Å². The molecule has 2 aromatic carbocycles. The highest BCUT2D eigenvalue weighted by Gasteiger charge is 2.07. The second kappa shape index (κ2) is 8.34. The van der Waals surface area contributed by atoms with Crippen LogP contribution in [0.2, 0.25) is 0 Å². The summed E-state index contributed by atoms with van der Waals surface area (Å²) in [7, 11) is 0. The number of aromatic nitrogens is 2. The molecular weight excluding hydrogens is 322 g/mol. The number of aryl methyl sites for hydroxylation is 2. The van der Waals surface area contributed by atoms with Crippen LogP contribution in [0, 0.1) is 0 Å². The largest absolute Gasteiger partial charge is 0.370 e. The number of hydrogen-bond donors (Lipinski definition) is 3. The maximum Gasteiger partial charge on any atom is 0.193 e. The molecule has 1 heterocycles. The van der Waals surface area contributed by atoms with Gasteiger partial charge >= 0.3 is 0 Å². The minimum Gasteiger partial charge on any atom is -0.370 e. The van der Waals surface area contributed by atoms with Crippen LogP contribution in [-0.4, -0.2) is 15.9 Å². The van der Waals surface area contributed by atoms with E-state index in [2.05, 4.69) is 52.3 Å². The van der Waals surface area contributed by atoms with E-state index in [-0.39, 0.29) is 0 Å². The van der Waals surface area contributed by atoms with Gasteiger partial charge in [-0.2, -0.15) is 0 Å². The van der Waals surface area contributed by atoms with Gasteiger partial charge in [-0.1, -0.05) is 62.4 Å². The van der Waals surface area contributed by atoms with Crippen LogP contribution in [0.3, 0.4) is 0 Å². The molecule has 0 amide bonds. The Morgan fingerprint density at radius 1 is 1.04 bits per heavy atom. The van der Waals surface area contributed by atoms with Crippen LogP contribution in [0.25, 0.3) is 11.3 Å². The maximum absolute atomic E-state index is 6.12. The molecule has 0 saturated heterocycles. The van der Waals surface area contributed by atoms with Crippen LogP contribution in [0.1, 0.15) is 30.8 Å². The Labute approximate surface area is 154 Å². The Morgan fingerprint density at radius 2 is 1.73 bits per heavy atom. The van der Waals surface area contributed by atoms with E-state index in [9.17, 15) is 0 Å². The Bertz CT molecular complexity index is 858. The number of guanidine groups is 1. The van der Waals surface area contributed by atoms with Crippen LogP contribution in [0.5, 0.6) is 0 Å². The monoisotopic (exact) mass is 347 g/mol. The zero-order valence-electron chi connectivity index (χ0n) is 15.3. The molecule has 0 bridgehead atoms. The van der Waals surface area contributed by atoms with Crippen molar-refractivity contribution in [1.82, 2.24) is 9.97 Å². The van der Waals surface area contributed by atoms with E-state index in [0.29, 0.717) is 12.5 Å². The summed E-state index contributed by atoms with van der Waals surface area (Å²) in [4.78, 5) is 12.1. The summed E-state index contributed by atoms with van der Waals surface area (Å²) in [5, 5.41) is 3.28. The number of benzene rings is 2. The zero-order chi connectivity index (χ0) is 18.4. The average Bonchev–Trinajstić information content (AvgIpc) is 3.16. The van der Waals surface area contributed by atoms with Gasteiger partial charge < -0.3 is 16.0 Å². The Hall–Kier alpha value is -3.08. The first-order valence-corrected chi connectivity index (χ1v) is 8.98. The predicted molar refractivity (Wildman–Crippen MR) is 108 cm³/mol. The quantitative estimate of drug-likeness (QED) is 0.463. The van der Waals surface area contributed by atoms with Crippen LogP contribution in [0.15, 0.2) is 59.7 Å². The van der Waals surface area contributed by atoms with Crippen LogP contribution in [-0.2, 0) is 19.4 Å². The van der Waals surface area contributed by atoms with E-state index in [0.717, 1.165) is 35.6 Å². The number of anilines is 1. The molecule has 3 aromatic rings. The molecule has 134 valence electrons. The normalized spacial score (nSPS) is 11.5. The minimum absolute atomic E-state index is 0.401. The van der Waals surface area contributed by atoms with Crippen molar-refractivity contribution in [3.63, 3.8) is 0 Å². The molecule has 0 aliphatic rings. The molecule has 3 rings (SSSR count). The zero-order valence-corrected chi connectivity index (χ0v) is 15.3. The molecule has 0 fully saturated rings. The van der Waals surface area contributed by atoms with Crippen molar-refractivity contribution in [1.29, 1.82) is 0 Å². The number of aliphatic imine (C=N–C) groups is 1. The molecule has 0 saturated carbocycles. The summed E-state index contributed by atoms with van der Waals surface area (Å²) in [6.45, 7) is 4.68. The van der Waals surface area contributed by atoms with Crippen LogP contribution in [0.4, 0.5) is 5.69 Å². The highest BCUT2D eigenvalue weighted by Crippen LogP contribution is 2.22. The lowest BCUT2D eigenvalue weighted by molar-refractivity contribution is 0.946. The molecule has 0 radical (unpaired) electrons. The number of hydrogen-bond acceptors (Lipinski definition) is 2. The van der Waals surface area contributed by atoms with Gasteiger partial charge in [0.25, 0.3) is 0 Å². The summed E-state index contributed by atoms with van der Waals surface area (Å²) >= 11 is 0. The van der Waals surface area contributed by atoms with E-state index in [1.807, 2.05) is 36.5 Å². The van der Waals surface area contributed by atoms with Gasteiger partial charge in [0.05, 0.1) is 11.9 Å². The molecule has 1 aromatic heterocycles. The third-order valence-corrected chi connectivity index (χ3v) is 4.36. The van der Waals surface area contributed by atoms with E-state index < -0.39 is 0 Å². The number of aromatic amines is 1. The van der Waals surface area contributed by atoms with E-state index >= 15 is 0 Å². The lowest BCUT2D eigenvalue weighted by Crippen LogP contribution is -2.24. The number of rotatable bonds is 6. The third-order valence-electron chi connectivity index (χ3n) is 4.36. The number of para-hydroxylation sites is 1. The summed E-state index contributed by atoms with van der Waals surface area (Å²) in [6.07, 6.45) is 3.72. The van der Waals surface area contributed by atoms with Crippen molar-refractivity contribution >= 4 is 11.6 Å². The van der Waals surface area contributed by atoms with Crippen molar-refractivity contribution in [2.24, 2.45) is 10.7 Å². The van der Waals surface area contributed by atoms with Gasteiger partial charge in [0.15, 0.2) is 5.96 Å². The van der Waals surface area contributed by atoms with Crippen molar-refractivity contribution in [2.45, 2.75) is 33.2 Å². The first-order chi connectivity index (χ1) is 12.7. The fourth-order valence-corrected chi connectivity index (χ4v) is 2.94. The van der Waals surface area contributed by atoms with Crippen molar-refractivity contribution in [2.75, 3.05) is 5.32 Å². The summed E-state index contributed by atoms with van der Waals surface area (Å²) in [5.74, 6) is 1.19. The van der Waals surface area contributed by atoms with E-state index in [4.69, 9.17) is 5.73 Å². The summed E-state index contributed by atoms with van der Waals surface area (Å²) in [6, 6.07) is 16.4. The number of imidazole rings is 1. The Balaban J connectivity index is 1.71. The molecule has 0 atom stereocenters. The maximum atomic E-state index is 6.12. The lowest BCUT2D eigenvalue weighted by atomic mass is 10.0. The predicted octanol–water partition coefficient (Wildman–Crippen LogP) is 4.13. The topological polar surface area (TPSA) is 79.1 Å². The molecule has 0 unspecified atom stereocenters. The second-order valence-electron chi connectivity index (χ2n) is 6.09. The molecule has 0 aliphatic carbocycles. The van der Waals surface area contributed by atoms with Gasteiger partial charge in [-0.25, -0.2) is 9.98 Å². The Kier molecular flexibility index (Phi) is 5.69. The molecular formula is C21H25N5. The van der Waals surface area contributed by atoms with Crippen molar-refractivity contribution in [3.05, 3.63) is 71.7 Å². The third kappa shape index (κ3) is 4.11. The fraction of sp³-hybridized carbons (Fsp3) is 0.238. The molecule has 4 N–H and O–H groups in total. The van der Waals surface area contributed by atoms with Gasteiger partial charge in [0.2, 0.25) is 0 Å². The van der Waals surface area contributed by atoms with Gasteiger partial charge in [0, 0.05) is 5.69 Å². The minimum atomic E-state index is 0.401. The Morgan fingerprint density at radius 3 is 2.38 bits per heavy atom. The van der Waals surface area contributed by atoms with Gasteiger partial charge in [0.1, 0.15) is 12.4 Å². The van der Waals surface area contributed by atoms with Gasteiger partial charge in [-0.3, -0.25) is 0 Å². The molecule has 26 heavy (non-hydrogen) atoms. The summed E-state index contributed by atoms with van der Waals surface area (Å²) in [5.41, 5.74) is 11.8. The fourth-order valence-electron chi connectivity index (χ4n) is 2.94. The number of nitrogens with zero attached hydrogens (tertiary/aromatic N) is 2. The molecule has 0 aliphatic heterocycles. The average molecular weight is 347 g/mol. The summed E-state index contributed by atoms with van der Waals surface area (Å²) < 4.78 is 0. The van der Waals surface area contributed by atoms with Gasteiger partial charge in [-0.15, -0.1) is 0 Å². The number of H-pyrrole nitrogens is 1. The lowest BCUT2D eigenvalue weighted by Gasteiger charge is -2.14. The first-order valence-electron chi connectivity index (χ1n) is 8.98. The van der Waals surface area contributed by atoms with Gasteiger partial charge in [-0.05, 0) is 29.5 Å². The van der Waals surface area contributed by atoms with Crippen molar-refractivity contribution in [3.8, 4) is 11.3 Å².